The lowest BCUT2D eigenvalue weighted by atomic mass is 9.78. The van der Waals surface area contributed by atoms with Crippen molar-refractivity contribution in [2.75, 3.05) is 13.1 Å². The molecular formula is C12H25N. The minimum absolute atomic E-state index is 0.651. The lowest BCUT2D eigenvalue weighted by molar-refractivity contribution is 0.252. The molecule has 1 aliphatic heterocycles. The topological polar surface area (TPSA) is 12.0 Å². The third-order valence-electron chi connectivity index (χ3n) is 3.42. The third-order valence-corrected chi connectivity index (χ3v) is 3.42. The summed E-state index contributed by atoms with van der Waals surface area (Å²) in [5, 5.41) is 3.49. The summed E-state index contributed by atoms with van der Waals surface area (Å²) in [7, 11) is 0. The highest BCUT2D eigenvalue weighted by Gasteiger charge is 2.24. The van der Waals surface area contributed by atoms with E-state index in [0.29, 0.717) is 5.41 Å². The van der Waals surface area contributed by atoms with E-state index in [0.717, 1.165) is 0 Å². The van der Waals surface area contributed by atoms with Crippen molar-refractivity contribution in [2.24, 2.45) is 5.41 Å². The van der Waals surface area contributed by atoms with Gasteiger partial charge in [0.1, 0.15) is 0 Å². The van der Waals surface area contributed by atoms with Crippen molar-refractivity contribution in [3.8, 4) is 0 Å². The zero-order valence-electron chi connectivity index (χ0n) is 9.36. The Balaban J connectivity index is 2.25. The molecule has 1 aliphatic rings. The van der Waals surface area contributed by atoms with Crippen molar-refractivity contribution in [1.29, 1.82) is 0 Å². The van der Waals surface area contributed by atoms with Gasteiger partial charge in [0.2, 0.25) is 0 Å². The summed E-state index contributed by atoms with van der Waals surface area (Å²) in [6.07, 6.45) is 9.86. The van der Waals surface area contributed by atoms with E-state index >= 15 is 0 Å². The van der Waals surface area contributed by atoms with E-state index in [1.165, 1.54) is 58.0 Å². The molecule has 0 radical (unpaired) electrons. The van der Waals surface area contributed by atoms with Crippen LogP contribution in [-0.2, 0) is 0 Å². The standard InChI is InChI=1S/C12H25N/c1-3-4-5-7-12(2)8-6-10-13-11-9-12/h13H,3-11H2,1-2H3. The fourth-order valence-corrected chi connectivity index (χ4v) is 2.33. The first-order valence-electron chi connectivity index (χ1n) is 5.97. The molecule has 1 N–H and O–H groups in total. The molecule has 0 aromatic carbocycles. The van der Waals surface area contributed by atoms with Crippen LogP contribution in [0, 0.1) is 5.41 Å². The highest BCUT2D eigenvalue weighted by atomic mass is 14.9. The Kier molecular flexibility index (Phi) is 4.79. The summed E-state index contributed by atoms with van der Waals surface area (Å²) in [5.74, 6) is 0. The maximum Gasteiger partial charge on any atom is -0.00437 e. The molecule has 0 bridgehead atoms. The Hall–Kier alpha value is -0.0400. The van der Waals surface area contributed by atoms with Crippen molar-refractivity contribution in [3.63, 3.8) is 0 Å². The number of rotatable bonds is 4. The molecule has 13 heavy (non-hydrogen) atoms. The third kappa shape index (κ3) is 4.12. The first-order chi connectivity index (χ1) is 6.27. The number of unbranched alkanes of at least 4 members (excludes halogenated alkanes) is 2. The van der Waals surface area contributed by atoms with E-state index in [1.54, 1.807) is 0 Å². The molecule has 1 heteroatoms. The van der Waals surface area contributed by atoms with Crippen molar-refractivity contribution in [3.05, 3.63) is 0 Å². The smallest absolute Gasteiger partial charge is 0.00437 e. The maximum atomic E-state index is 3.49. The normalized spacial score (nSPS) is 30.0. The molecule has 0 spiro atoms. The van der Waals surface area contributed by atoms with Gasteiger partial charge in [-0.25, -0.2) is 0 Å². The van der Waals surface area contributed by atoms with E-state index in [-0.39, 0.29) is 0 Å². The Bertz CT molecular complexity index is 123. The molecule has 0 amide bonds. The molecule has 1 atom stereocenters. The summed E-state index contributed by atoms with van der Waals surface area (Å²) in [6.45, 7) is 7.25. The van der Waals surface area contributed by atoms with Gasteiger partial charge in [-0.05, 0) is 44.2 Å². The summed E-state index contributed by atoms with van der Waals surface area (Å²) in [6, 6.07) is 0. The zero-order chi connectivity index (χ0) is 9.57. The summed E-state index contributed by atoms with van der Waals surface area (Å²) in [5.41, 5.74) is 0.651. The van der Waals surface area contributed by atoms with E-state index in [9.17, 15) is 0 Å². The van der Waals surface area contributed by atoms with Crippen LogP contribution in [-0.4, -0.2) is 13.1 Å². The number of hydrogen-bond donors (Lipinski definition) is 1. The van der Waals surface area contributed by atoms with Gasteiger partial charge in [-0.2, -0.15) is 0 Å². The predicted octanol–water partition coefficient (Wildman–Crippen LogP) is 3.35. The summed E-state index contributed by atoms with van der Waals surface area (Å²) >= 11 is 0. The fraction of sp³-hybridized carbons (Fsp3) is 1.00. The summed E-state index contributed by atoms with van der Waals surface area (Å²) < 4.78 is 0. The van der Waals surface area contributed by atoms with Gasteiger partial charge in [0, 0.05) is 0 Å². The number of hydrogen-bond acceptors (Lipinski definition) is 1. The second kappa shape index (κ2) is 5.64. The van der Waals surface area contributed by atoms with Gasteiger partial charge in [-0.15, -0.1) is 0 Å². The van der Waals surface area contributed by atoms with Crippen molar-refractivity contribution in [2.45, 2.75) is 58.8 Å². The van der Waals surface area contributed by atoms with Crippen LogP contribution in [0.15, 0.2) is 0 Å². The van der Waals surface area contributed by atoms with Gasteiger partial charge >= 0.3 is 0 Å². The van der Waals surface area contributed by atoms with Gasteiger partial charge in [-0.3, -0.25) is 0 Å². The van der Waals surface area contributed by atoms with Gasteiger partial charge in [-0.1, -0.05) is 33.1 Å². The van der Waals surface area contributed by atoms with Crippen LogP contribution < -0.4 is 5.32 Å². The van der Waals surface area contributed by atoms with E-state index in [1.807, 2.05) is 0 Å². The largest absolute Gasteiger partial charge is 0.317 e. The molecule has 0 aromatic heterocycles. The maximum absolute atomic E-state index is 3.49. The average molecular weight is 183 g/mol. The molecule has 1 rings (SSSR count). The minimum atomic E-state index is 0.651. The van der Waals surface area contributed by atoms with E-state index in [2.05, 4.69) is 19.2 Å². The minimum Gasteiger partial charge on any atom is -0.317 e. The molecule has 0 aromatic rings. The average Bonchev–Trinajstić information content (AvgIpc) is 2.31. The predicted molar refractivity (Wildman–Crippen MR) is 59.0 cm³/mol. The second-order valence-corrected chi connectivity index (χ2v) is 4.87. The molecule has 1 fully saturated rings. The highest BCUT2D eigenvalue weighted by Crippen LogP contribution is 2.34. The van der Waals surface area contributed by atoms with Gasteiger partial charge < -0.3 is 5.32 Å². The second-order valence-electron chi connectivity index (χ2n) is 4.87. The van der Waals surface area contributed by atoms with Crippen LogP contribution in [0.25, 0.3) is 0 Å². The Morgan fingerprint density at radius 3 is 2.77 bits per heavy atom. The molecule has 78 valence electrons. The van der Waals surface area contributed by atoms with Crippen LogP contribution in [0.5, 0.6) is 0 Å². The van der Waals surface area contributed by atoms with Crippen LogP contribution in [0.4, 0.5) is 0 Å². The summed E-state index contributed by atoms with van der Waals surface area (Å²) in [4.78, 5) is 0. The van der Waals surface area contributed by atoms with Crippen molar-refractivity contribution >= 4 is 0 Å². The molecular weight excluding hydrogens is 158 g/mol. The van der Waals surface area contributed by atoms with Gasteiger partial charge in [0.15, 0.2) is 0 Å². The first-order valence-corrected chi connectivity index (χ1v) is 5.97. The quantitative estimate of drug-likeness (QED) is 0.659. The molecule has 1 saturated heterocycles. The lowest BCUT2D eigenvalue weighted by Gasteiger charge is -2.27. The Labute approximate surface area is 83.3 Å². The zero-order valence-corrected chi connectivity index (χ0v) is 9.36. The van der Waals surface area contributed by atoms with Crippen LogP contribution in [0.2, 0.25) is 0 Å². The highest BCUT2D eigenvalue weighted by molar-refractivity contribution is 4.78. The SMILES string of the molecule is CCCCCC1(C)CCCNCC1. The lowest BCUT2D eigenvalue weighted by Crippen LogP contribution is -2.19. The molecule has 1 heterocycles. The van der Waals surface area contributed by atoms with E-state index in [4.69, 9.17) is 0 Å². The first kappa shape index (κ1) is 11.0. The van der Waals surface area contributed by atoms with Crippen LogP contribution in [0.1, 0.15) is 58.8 Å². The van der Waals surface area contributed by atoms with Crippen molar-refractivity contribution in [1.82, 2.24) is 5.32 Å². The van der Waals surface area contributed by atoms with E-state index < -0.39 is 0 Å². The fourth-order valence-electron chi connectivity index (χ4n) is 2.33. The van der Waals surface area contributed by atoms with Crippen LogP contribution in [0.3, 0.4) is 0 Å². The Morgan fingerprint density at radius 1 is 1.15 bits per heavy atom. The monoisotopic (exact) mass is 183 g/mol. The number of nitrogens with one attached hydrogen (secondary N) is 1. The molecule has 1 nitrogen and oxygen atoms in total. The van der Waals surface area contributed by atoms with Crippen molar-refractivity contribution < 1.29 is 0 Å². The van der Waals surface area contributed by atoms with Gasteiger partial charge in [0.05, 0.1) is 0 Å². The molecule has 0 saturated carbocycles. The molecule has 1 unspecified atom stereocenters. The van der Waals surface area contributed by atoms with Crippen LogP contribution >= 0.6 is 0 Å². The van der Waals surface area contributed by atoms with Gasteiger partial charge in [0.25, 0.3) is 0 Å². The molecule has 0 aliphatic carbocycles. The Morgan fingerprint density at radius 2 is 2.00 bits per heavy atom.